The first kappa shape index (κ1) is 21.0. The topological polar surface area (TPSA) is 118 Å². The van der Waals surface area contributed by atoms with E-state index in [9.17, 15) is 23.6 Å². The van der Waals surface area contributed by atoms with Crippen LogP contribution in [0.1, 0.15) is 12.2 Å². The van der Waals surface area contributed by atoms with Gasteiger partial charge in [0.15, 0.2) is 6.61 Å². The van der Waals surface area contributed by atoms with Crippen LogP contribution in [0.3, 0.4) is 0 Å². The second kappa shape index (κ2) is 9.68. The maximum absolute atomic E-state index is 12.8. The molecule has 1 aliphatic heterocycles. The molecule has 3 amide bonds. The van der Waals surface area contributed by atoms with Gasteiger partial charge >= 0.3 is 5.97 Å². The largest absolute Gasteiger partial charge is 0.467 e. The fraction of sp³-hybridized carbons (Fsp3) is 0.300. The van der Waals surface area contributed by atoms with Gasteiger partial charge < -0.3 is 24.7 Å². The smallest absolute Gasteiger partial charge is 0.311 e. The number of hydrogen-bond donors (Lipinski definition) is 2. The number of carbonyl (C=O) groups is 4. The summed E-state index contributed by atoms with van der Waals surface area (Å²) in [5, 5.41) is 4.80. The van der Waals surface area contributed by atoms with Crippen LogP contribution in [0, 0.1) is 11.7 Å². The molecule has 3 rings (SSSR count). The van der Waals surface area contributed by atoms with Crippen molar-refractivity contribution in [2.45, 2.75) is 13.0 Å². The average molecular weight is 417 g/mol. The van der Waals surface area contributed by atoms with Crippen LogP contribution in [0.4, 0.5) is 10.1 Å². The molecule has 0 unspecified atom stereocenters. The minimum Gasteiger partial charge on any atom is -0.467 e. The van der Waals surface area contributed by atoms with Gasteiger partial charge in [0.05, 0.1) is 25.3 Å². The number of anilines is 1. The number of rotatable bonds is 8. The highest BCUT2D eigenvalue weighted by Crippen LogP contribution is 2.21. The Balaban J connectivity index is 1.36. The van der Waals surface area contributed by atoms with Crippen molar-refractivity contribution in [3.8, 4) is 0 Å². The Morgan fingerprint density at radius 2 is 1.93 bits per heavy atom. The van der Waals surface area contributed by atoms with E-state index in [0.717, 1.165) is 0 Å². The van der Waals surface area contributed by atoms with Crippen LogP contribution in [-0.4, -0.2) is 48.3 Å². The second-order valence-electron chi connectivity index (χ2n) is 6.69. The summed E-state index contributed by atoms with van der Waals surface area (Å²) >= 11 is 0. The van der Waals surface area contributed by atoms with E-state index in [1.165, 1.54) is 35.4 Å². The summed E-state index contributed by atoms with van der Waals surface area (Å²) in [5.74, 6) is -2.52. The van der Waals surface area contributed by atoms with E-state index < -0.39 is 36.1 Å². The summed E-state index contributed by atoms with van der Waals surface area (Å²) in [6.45, 7) is -0.461. The SMILES string of the molecule is O=C(COC(=O)[C@H]1CC(=O)N(Cc2ccco2)C1)NCC(=O)Nc1ccc(F)cc1. The highest BCUT2D eigenvalue weighted by Gasteiger charge is 2.35. The van der Waals surface area contributed by atoms with Crippen LogP contribution in [0.2, 0.25) is 0 Å². The number of ether oxygens (including phenoxy) is 1. The summed E-state index contributed by atoms with van der Waals surface area (Å²) in [7, 11) is 0. The van der Waals surface area contributed by atoms with Crippen molar-refractivity contribution in [3.05, 3.63) is 54.2 Å². The van der Waals surface area contributed by atoms with Crippen molar-refractivity contribution in [3.63, 3.8) is 0 Å². The number of likely N-dealkylation sites (tertiary alicyclic amines) is 1. The molecule has 1 saturated heterocycles. The van der Waals surface area contributed by atoms with E-state index in [0.29, 0.717) is 11.4 Å². The molecule has 30 heavy (non-hydrogen) atoms. The molecule has 1 aromatic carbocycles. The molecule has 0 spiro atoms. The molecule has 2 N–H and O–H groups in total. The molecule has 1 fully saturated rings. The first-order chi connectivity index (χ1) is 14.4. The molecule has 0 saturated carbocycles. The lowest BCUT2D eigenvalue weighted by atomic mass is 10.1. The molecule has 0 bridgehead atoms. The first-order valence-electron chi connectivity index (χ1n) is 9.19. The summed E-state index contributed by atoms with van der Waals surface area (Å²) < 4.78 is 23.0. The van der Waals surface area contributed by atoms with Gasteiger partial charge in [-0.15, -0.1) is 0 Å². The minimum absolute atomic E-state index is 0.00123. The van der Waals surface area contributed by atoms with Crippen molar-refractivity contribution >= 4 is 29.4 Å². The van der Waals surface area contributed by atoms with E-state index in [-0.39, 0.29) is 32.0 Å². The van der Waals surface area contributed by atoms with E-state index in [1.54, 1.807) is 12.1 Å². The Hall–Kier alpha value is -3.69. The van der Waals surface area contributed by atoms with Crippen LogP contribution in [0.5, 0.6) is 0 Å². The fourth-order valence-corrected chi connectivity index (χ4v) is 2.90. The molecule has 158 valence electrons. The summed E-state index contributed by atoms with van der Waals surface area (Å²) in [6.07, 6.45) is 1.50. The first-order valence-corrected chi connectivity index (χ1v) is 9.19. The number of nitrogens with zero attached hydrogens (tertiary/aromatic N) is 1. The number of nitrogens with one attached hydrogen (secondary N) is 2. The van der Waals surface area contributed by atoms with Crippen molar-refractivity contribution in [1.82, 2.24) is 10.2 Å². The molecule has 1 atom stereocenters. The molecule has 2 heterocycles. The fourth-order valence-electron chi connectivity index (χ4n) is 2.90. The number of hydrogen-bond acceptors (Lipinski definition) is 6. The Bertz CT molecular complexity index is 913. The monoisotopic (exact) mass is 417 g/mol. The van der Waals surface area contributed by atoms with Gasteiger partial charge in [-0.05, 0) is 36.4 Å². The van der Waals surface area contributed by atoms with Crippen LogP contribution >= 0.6 is 0 Å². The van der Waals surface area contributed by atoms with Crippen LogP contribution in [0.25, 0.3) is 0 Å². The van der Waals surface area contributed by atoms with Gasteiger partial charge in [-0.3, -0.25) is 19.2 Å². The Labute approximate surface area is 171 Å². The van der Waals surface area contributed by atoms with Crippen molar-refractivity contribution in [1.29, 1.82) is 0 Å². The van der Waals surface area contributed by atoms with Crippen LogP contribution < -0.4 is 10.6 Å². The van der Waals surface area contributed by atoms with Crippen molar-refractivity contribution in [2.75, 3.05) is 25.0 Å². The molecule has 1 aliphatic rings. The Kier molecular flexibility index (Phi) is 6.79. The van der Waals surface area contributed by atoms with Crippen LogP contribution in [0.15, 0.2) is 47.1 Å². The number of esters is 1. The molecule has 2 aromatic rings. The zero-order chi connectivity index (χ0) is 21.5. The lowest BCUT2D eigenvalue weighted by molar-refractivity contribution is -0.152. The van der Waals surface area contributed by atoms with Gasteiger partial charge in [0, 0.05) is 18.7 Å². The minimum atomic E-state index is -0.665. The van der Waals surface area contributed by atoms with Gasteiger partial charge in [-0.1, -0.05) is 0 Å². The molecule has 9 nitrogen and oxygen atoms in total. The molecular weight excluding hydrogens is 397 g/mol. The maximum atomic E-state index is 12.8. The van der Waals surface area contributed by atoms with Gasteiger partial charge in [0.2, 0.25) is 11.8 Å². The molecule has 0 radical (unpaired) electrons. The van der Waals surface area contributed by atoms with Gasteiger partial charge in [0.1, 0.15) is 11.6 Å². The summed E-state index contributed by atoms with van der Waals surface area (Å²) in [6, 6.07) is 8.59. The third-order valence-corrected chi connectivity index (χ3v) is 4.39. The number of benzene rings is 1. The predicted molar refractivity (Wildman–Crippen MR) is 101 cm³/mol. The van der Waals surface area contributed by atoms with E-state index >= 15 is 0 Å². The van der Waals surface area contributed by atoms with Crippen molar-refractivity contribution < 1.29 is 32.7 Å². The maximum Gasteiger partial charge on any atom is 0.311 e. The molecule has 0 aliphatic carbocycles. The lowest BCUT2D eigenvalue weighted by Gasteiger charge is -2.14. The second-order valence-corrected chi connectivity index (χ2v) is 6.69. The normalized spacial score (nSPS) is 15.7. The van der Waals surface area contributed by atoms with Gasteiger partial charge in [-0.25, -0.2) is 4.39 Å². The third-order valence-electron chi connectivity index (χ3n) is 4.39. The molecule has 1 aromatic heterocycles. The molecule has 10 heteroatoms. The average Bonchev–Trinajstić information content (AvgIpc) is 3.36. The number of amides is 3. The summed E-state index contributed by atoms with van der Waals surface area (Å²) in [4.78, 5) is 49.2. The number of carbonyl (C=O) groups excluding carboxylic acids is 4. The van der Waals surface area contributed by atoms with E-state index in [4.69, 9.17) is 9.15 Å². The number of halogens is 1. The highest BCUT2D eigenvalue weighted by atomic mass is 19.1. The number of furan rings is 1. The standard InChI is InChI=1S/C20H20FN3O6/c21-14-3-5-15(6-4-14)23-17(25)9-22-18(26)12-30-20(28)13-8-19(27)24(10-13)11-16-2-1-7-29-16/h1-7,13H,8-12H2,(H,22,26)(H,23,25)/t13-/m0/s1. The Morgan fingerprint density at radius 1 is 1.17 bits per heavy atom. The lowest BCUT2D eigenvalue weighted by Crippen LogP contribution is -2.36. The molecular formula is C20H20FN3O6. The summed E-state index contributed by atoms with van der Waals surface area (Å²) in [5.41, 5.74) is 0.382. The van der Waals surface area contributed by atoms with E-state index in [2.05, 4.69) is 10.6 Å². The Morgan fingerprint density at radius 3 is 2.63 bits per heavy atom. The van der Waals surface area contributed by atoms with Gasteiger partial charge in [0.25, 0.3) is 5.91 Å². The van der Waals surface area contributed by atoms with Gasteiger partial charge in [-0.2, -0.15) is 0 Å². The third kappa shape index (κ3) is 5.90. The quantitative estimate of drug-likeness (QED) is 0.621. The van der Waals surface area contributed by atoms with E-state index in [1.807, 2.05) is 0 Å². The van der Waals surface area contributed by atoms with Crippen LogP contribution in [-0.2, 0) is 30.5 Å². The predicted octanol–water partition coefficient (Wildman–Crippen LogP) is 1.07. The zero-order valence-electron chi connectivity index (χ0n) is 15.9. The highest BCUT2D eigenvalue weighted by molar-refractivity contribution is 5.95. The van der Waals surface area contributed by atoms with Crippen molar-refractivity contribution in [2.24, 2.45) is 5.92 Å². The zero-order valence-corrected chi connectivity index (χ0v) is 15.9.